The monoisotopic (exact) mass is 298 g/mol. The summed E-state index contributed by atoms with van der Waals surface area (Å²) in [6.07, 6.45) is 3.39. The molecule has 0 heterocycles. The van der Waals surface area contributed by atoms with Crippen molar-refractivity contribution in [3.05, 3.63) is 60.2 Å². The Hall–Kier alpha value is -2.00. The highest BCUT2D eigenvalue weighted by molar-refractivity contribution is 5.40. The van der Waals surface area contributed by atoms with E-state index in [1.807, 2.05) is 54.6 Å². The molecule has 2 aromatic rings. The van der Waals surface area contributed by atoms with E-state index in [1.165, 1.54) is 0 Å². The fraction of sp³-hybridized carbons (Fsp3) is 0.368. The Morgan fingerprint density at radius 2 is 1.55 bits per heavy atom. The molecular formula is C19H22O3. The van der Waals surface area contributed by atoms with Crippen LogP contribution in [0.2, 0.25) is 0 Å². The zero-order valence-electron chi connectivity index (χ0n) is 12.7. The minimum atomic E-state index is -0.379. The van der Waals surface area contributed by atoms with Crippen LogP contribution >= 0.6 is 0 Å². The number of hydrogen-bond acceptors (Lipinski definition) is 3. The Balaban J connectivity index is 1.67. The van der Waals surface area contributed by atoms with E-state index in [-0.39, 0.29) is 12.2 Å². The predicted octanol–water partition coefficient (Wildman–Crippen LogP) is 3.95. The second-order valence-electron chi connectivity index (χ2n) is 5.73. The van der Waals surface area contributed by atoms with Crippen LogP contribution in [0.5, 0.6) is 11.5 Å². The van der Waals surface area contributed by atoms with Crippen molar-refractivity contribution in [1.82, 2.24) is 0 Å². The maximum atomic E-state index is 10.1. The molecule has 1 aliphatic carbocycles. The number of ether oxygens (including phenoxy) is 2. The van der Waals surface area contributed by atoms with E-state index < -0.39 is 0 Å². The van der Waals surface area contributed by atoms with Crippen LogP contribution in [0.3, 0.4) is 0 Å². The molecule has 1 aliphatic rings. The first kappa shape index (κ1) is 14.9. The van der Waals surface area contributed by atoms with Gasteiger partial charge in [0.05, 0.1) is 6.10 Å². The maximum Gasteiger partial charge on any atom is 0.161 e. The lowest BCUT2D eigenvalue weighted by atomic mass is 9.95. The molecule has 0 unspecified atom stereocenters. The lowest BCUT2D eigenvalue weighted by molar-refractivity contribution is 0.00527. The number of aliphatic hydroxyl groups is 1. The van der Waals surface area contributed by atoms with Crippen molar-refractivity contribution in [3.8, 4) is 11.5 Å². The third kappa shape index (κ3) is 3.80. The highest BCUT2D eigenvalue weighted by Crippen LogP contribution is 2.31. The highest BCUT2D eigenvalue weighted by atomic mass is 16.5. The first-order valence-corrected chi connectivity index (χ1v) is 7.93. The van der Waals surface area contributed by atoms with Crippen LogP contribution in [0.15, 0.2) is 54.6 Å². The Labute approximate surface area is 131 Å². The third-order valence-electron chi connectivity index (χ3n) is 4.03. The quantitative estimate of drug-likeness (QED) is 0.908. The molecule has 0 saturated heterocycles. The molecule has 3 rings (SSSR count). The number of aliphatic hydroxyl groups excluding tert-OH is 1. The van der Waals surface area contributed by atoms with Gasteiger partial charge < -0.3 is 14.6 Å². The Morgan fingerprint density at radius 3 is 2.32 bits per heavy atom. The molecule has 0 spiro atoms. The average molecular weight is 298 g/mol. The van der Waals surface area contributed by atoms with Crippen LogP contribution in [0.1, 0.15) is 31.2 Å². The largest absolute Gasteiger partial charge is 0.485 e. The summed E-state index contributed by atoms with van der Waals surface area (Å²) < 4.78 is 11.9. The fourth-order valence-electron chi connectivity index (χ4n) is 2.78. The molecule has 1 N–H and O–H groups in total. The predicted molar refractivity (Wildman–Crippen MR) is 86.1 cm³/mol. The van der Waals surface area contributed by atoms with Crippen molar-refractivity contribution in [1.29, 1.82) is 0 Å². The van der Waals surface area contributed by atoms with Gasteiger partial charge in [-0.1, -0.05) is 48.9 Å². The van der Waals surface area contributed by atoms with Gasteiger partial charge in [0, 0.05) is 0 Å². The Kier molecular flexibility index (Phi) is 4.96. The summed E-state index contributed by atoms with van der Waals surface area (Å²) in [5, 5.41) is 10.1. The van der Waals surface area contributed by atoms with Gasteiger partial charge in [0.15, 0.2) is 11.5 Å². The van der Waals surface area contributed by atoms with E-state index in [4.69, 9.17) is 9.47 Å². The molecule has 2 aromatic carbocycles. The number of para-hydroxylation sites is 2. The minimum Gasteiger partial charge on any atom is -0.485 e. The van der Waals surface area contributed by atoms with Gasteiger partial charge in [-0.2, -0.15) is 0 Å². The molecule has 0 amide bonds. The van der Waals surface area contributed by atoms with Crippen molar-refractivity contribution in [2.24, 2.45) is 0 Å². The van der Waals surface area contributed by atoms with Crippen molar-refractivity contribution < 1.29 is 14.6 Å². The molecule has 0 bridgehead atoms. The fourth-order valence-corrected chi connectivity index (χ4v) is 2.78. The van der Waals surface area contributed by atoms with Gasteiger partial charge in [-0.25, -0.2) is 0 Å². The first-order chi connectivity index (χ1) is 10.8. The van der Waals surface area contributed by atoms with Crippen LogP contribution in [0.25, 0.3) is 0 Å². The lowest BCUT2D eigenvalue weighted by Gasteiger charge is -2.28. The van der Waals surface area contributed by atoms with Gasteiger partial charge in [-0.05, 0) is 37.0 Å². The number of rotatable bonds is 5. The van der Waals surface area contributed by atoms with Crippen LogP contribution in [-0.4, -0.2) is 17.3 Å². The zero-order valence-corrected chi connectivity index (χ0v) is 12.7. The summed E-state index contributed by atoms with van der Waals surface area (Å²) in [6, 6.07) is 17.7. The maximum absolute atomic E-state index is 10.1. The van der Waals surface area contributed by atoms with Crippen LogP contribution in [0, 0.1) is 0 Å². The summed E-state index contributed by atoms with van der Waals surface area (Å²) in [5.74, 6) is 1.44. The van der Waals surface area contributed by atoms with E-state index in [2.05, 4.69) is 0 Å². The lowest BCUT2D eigenvalue weighted by Crippen LogP contribution is -2.34. The van der Waals surface area contributed by atoms with Crippen molar-refractivity contribution in [3.63, 3.8) is 0 Å². The molecule has 1 fully saturated rings. The van der Waals surface area contributed by atoms with Crippen molar-refractivity contribution in [2.45, 2.75) is 44.5 Å². The van der Waals surface area contributed by atoms with E-state index in [0.29, 0.717) is 12.4 Å². The minimum absolute atomic E-state index is 0.129. The molecule has 22 heavy (non-hydrogen) atoms. The summed E-state index contributed by atoms with van der Waals surface area (Å²) in [6.45, 7) is 0.508. The zero-order chi connectivity index (χ0) is 15.2. The van der Waals surface area contributed by atoms with E-state index in [0.717, 1.165) is 37.0 Å². The Bertz CT molecular complexity index is 582. The number of hydrogen-bond donors (Lipinski definition) is 1. The molecular weight excluding hydrogens is 276 g/mol. The smallest absolute Gasteiger partial charge is 0.161 e. The average Bonchev–Trinajstić information content (AvgIpc) is 2.57. The molecule has 116 valence electrons. The summed E-state index contributed by atoms with van der Waals surface area (Å²) in [4.78, 5) is 0. The summed E-state index contributed by atoms with van der Waals surface area (Å²) in [7, 11) is 0. The summed E-state index contributed by atoms with van der Waals surface area (Å²) >= 11 is 0. The van der Waals surface area contributed by atoms with Crippen LogP contribution in [0.4, 0.5) is 0 Å². The second-order valence-corrected chi connectivity index (χ2v) is 5.73. The molecule has 0 aliphatic heterocycles. The van der Waals surface area contributed by atoms with Gasteiger partial charge in [-0.3, -0.25) is 0 Å². The molecule has 3 heteroatoms. The first-order valence-electron chi connectivity index (χ1n) is 7.93. The van der Waals surface area contributed by atoms with Gasteiger partial charge in [0.2, 0.25) is 0 Å². The van der Waals surface area contributed by atoms with Gasteiger partial charge in [0.1, 0.15) is 12.7 Å². The standard InChI is InChI=1S/C19H22O3/c20-16-10-4-5-11-17(16)22-19-13-7-6-12-18(19)21-14-15-8-2-1-3-9-15/h1-3,6-9,12-13,16-17,20H,4-5,10-11,14H2/t16-,17+/m0/s1. The highest BCUT2D eigenvalue weighted by Gasteiger charge is 2.25. The van der Waals surface area contributed by atoms with E-state index in [9.17, 15) is 5.11 Å². The molecule has 0 aromatic heterocycles. The Morgan fingerprint density at radius 1 is 0.864 bits per heavy atom. The SMILES string of the molecule is O[C@H]1CCCC[C@H]1Oc1ccccc1OCc1ccccc1. The second kappa shape index (κ2) is 7.32. The normalized spacial score (nSPS) is 21.3. The third-order valence-corrected chi connectivity index (χ3v) is 4.03. The van der Waals surface area contributed by atoms with Gasteiger partial charge in [0.25, 0.3) is 0 Å². The van der Waals surface area contributed by atoms with E-state index >= 15 is 0 Å². The van der Waals surface area contributed by atoms with Crippen LogP contribution < -0.4 is 9.47 Å². The molecule has 0 radical (unpaired) electrons. The van der Waals surface area contributed by atoms with Crippen LogP contribution in [-0.2, 0) is 6.61 Å². The van der Waals surface area contributed by atoms with E-state index in [1.54, 1.807) is 0 Å². The van der Waals surface area contributed by atoms with Gasteiger partial charge in [-0.15, -0.1) is 0 Å². The molecule has 3 nitrogen and oxygen atoms in total. The van der Waals surface area contributed by atoms with Crippen molar-refractivity contribution in [2.75, 3.05) is 0 Å². The molecule has 2 atom stereocenters. The number of benzene rings is 2. The summed E-state index contributed by atoms with van der Waals surface area (Å²) in [5.41, 5.74) is 1.12. The topological polar surface area (TPSA) is 38.7 Å². The van der Waals surface area contributed by atoms with Crippen molar-refractivity contribution >= 4 is 0 Å². The molecule has 1 saturated carbocycles. The van der Waals surface area contributed by atoms with Gasteiger partial charge >= 0.3 is 0 Å².